The van der Waals surface area contributed by atoms with Crippen LogP contribution in [0.25, 0.3) is 0 Å². The summed E-state index contributed by atoms with van der Waals surface area (Å²) >= 11 is 0. The maximum Gasteiger partial charge on any atom is 0.287 e. The van der Waals surface area contributed by atoms with E-state index >= 15 is 0 Å². The predicted octanol–water partition coefficient (Wildman–Crippen LogP) is 0.00360. The fraction of sp³-hybridized carbons (Fsp3) is 0.538. The first-order valence-corrected chi connectivity index (χ1v) is 6.56. The average molecular weight is 265 g/mol. The Labute approximate surface area is 112 Å². The number of hydrogen-bond acceptors (Lipinski definition) is 4. The Morgan fingerprint density at radius 3 is 2.74 bits per heavy atom. The van der Waals surface area contributed by atoms with Gasteiger partial charge < -0.3 is 20.0 Å². The molecule has 0 radical (unpaired) electrons. The number of furan rings is 1. The average Bonchev–Trinajstić information content (AvgIpc) is 2.94. The van der Waals surface area contributed by atoms with Crippen molar-refractivity contribution in [1.29, 1.82) is 0 Å². The van der Waals surface area contributed by atoms with E-state index in [0.717, 1.165) is 25.3 Å². The van der Waals surface area contributed by atoms with Crippen LogP contribution < -0.4 is 10.6 Å². The van der Waals surface area contributed by atoms with Gasteiger partial charge in [-0.2, -0.15) is 0 Å². The van der Waals surface area contributed by atoms with Gasteiger partial charge in [0, 0.05) is 32.6 Å². The lowest BCUT2D eigenvalue weighted by Gasteiger charge is -2.27. The van der Waals surface area contributed by atoms with E-state index < -0.39 is 0 Å². The van der Waals surface area contributed by atoms with E-state index in [2.05, 4.69) is 10.6 Å². The van der Waals surface area contributed by atoms with Crippen LogP contribution in [0.15, 0.2) is 16.5 Å². The lowest BCUT2D eigenvalue weighted by atomic mass is 10.3. The molecule has 2 N–H and O–H groups in total. The van der Waals surface area contributed by atoms with Gasteiger partial charge in [0.05, 0.1) is 6.54 Å². The first-order valence-electron chi connectivity index (χ1n) is 6.56. The SMILES string of the molecule is CCc1ccc(C(=O)NCC(=O)N2CCNCC2)o1. The summed E-state index contributed by atoms with van der Waals surface area (Å²) in [5, 5.41) is 5.76. The Balaban J connectivity index is 1.80. The summed E-state index contributed by atoms with van der Waals surface area (Å²) in [6, 6.07) is 3.40. The quantitative estimate of drug-likeness (QED) is 0.804. The molecule has 1 fully saturated rings. The van der Waals surface area contributed by atoms with Gasteiger partial charge >= 0.3 is 0 Å². The van der Waals surface area contributed by atoms with Gasteiger partial charge in [0.25, 0.3) is 5.91 Å². The molecule has 1 aromatic rings. The van der Waals surface area contributed by atoms with Crippen LogP contribution in [0.5, 0.6) is 0 Å². The van der Waals surface area contributed by atoms with Gasteiger partial charge in [0.2, 0.25) is 5.91 Å². The lowest BCUT2D eigenvalue weighted by molar-refractivity contribution is -0.130. The van der Waals surface area contributed by atoms with Crippen molar-refractivity contribution in [1.82, 2.24) is 15.5 Å². The molecule has 0 bridgehead atoms. The molecule has 1 aromatic heterocycles. The molecule has 1 aliphatic heterocycles. The molecule has 19 heavy (non-hydrogen) atoms. The normalized spacial score (nSPS) is 15.3. The molecule has 0 saturated carbocycles. The van der Waals surface area contributed by atoms with Crippen molar-refractivity contribution >= 4 is 11.8 Å². The molecule has 2 rings (SSSR count). The summed E-state index contributed by atoms with van der Waals surface area (Å²) in [6.45, 7) is 4.95. The van der Waals surface area contributed by atoms with Crippen LogP contribution >= 0.6 is 0 Å². The molecule has 6 nitrogen and oxygen atoms in total. The van der Waals surface area contributed by atoms with E-state index in [-0.39, 0.29) is 24.1 Å². The minimum absolute atomic E-state index is 0.0149. The van der Waals surface area contributed by atoms with Gasteiger partial charge in [-0.15, -0.1) is 0 Å². The van der Waals surface area contributed by atoms with Gasteiger partial charge in [-0.25, -0.2) is 0 Å². The van der Waals surface area contributed by atoms with Gasteiger partial charge in [-0.1, -0.05) is 6.92 Å². The number of carbonyl (C=O) groups excluding carboxylic acids is 2. The predicted molar refractivity (Wildman–Crippen MR) is 69.9 cm³/mol. The molecule has 0 spiro atoms. The minimum Gasteiger partial charge on any atom is -0.456 e. The maximum atomic E-state index is 11.8. The highest BCUT2D eigenvalue weighted by Gasteiger charge is 2.18. The second-order valence-corrected chi connectivity index (χ2v) is 4.43. The van der Waals surface area contributed by atoms with Crippen molar-refractivity contribution in [2.45, 2.75) is 13.3 Å². The van der Waals surface area contributed by atoms with Crippen molar-refractivity contribution in [3.05, 3.63) is 23.7 Å². The molecule has 6 heteroatoms. The summed E-state index contributed by atoms with van der Waals surface area (Å²) < 4.78 is 5.33. The first kappa shape index (κ1) is 13.6. The monoisotopic (exact) mass is 265 g/mol. The number of amides is 2. The molecule has 104 valence electrons. The van der Waals surface area contributed by atoms with Crippen molar-refractivity contribution < 1.29 is 14.0 Å². The number of nitrogens with one attached hydrogen (secondary N) is 2. The van der Waals surface area contributed by atoms with Gasteiger partial charge in [0.15, 0.2) is 5.76 Å². The highest BCUT2D eigenvalue weighted by Crippen LogP contribution is 2.07. The molecule has 0 aromatic carbocycles. The molecule has 0 unspecified atom stereocenters. The van der Waals surface area contributed by atoms with Crippen LogP contribution in [0.3, 0.4) is 0 Å². The highest BCUT2D eigenvalue weighted by atomic mass is 16.3. The fourth-order valence-corrected chi connectivity index (χ4v) is 1.96. The van der Waals surface area contributed by atoms with Crippen molar-refractivity contribution in [3.8, 4) is 0 Å². The van der Waals surface area contributed by atoms with Crippen LogP contribution in [0.1, 0.15) is 23.2 Å². The molecular weight excluding hydrogens is 246 g/mol. The second kappa shape index (κ2) is 6.38. The molecular formula is C13H19N3O3. The zero-order chi connectivity index (χ0) is 13.7. The minimum atomic E-state index is -0.344. The number of piperazine rings is 1. The van der Waals surface area contributed by atoms with Crippen LogP contribution in [0.4, 0.5) is 0 Å². The van der Waals surface area contributed by atoms with Gasteiger partial charge in [-0.3, -0.25) is 9.59 Å². The molecule has 1 saturated heterocycles. The van der Waals surface area contributed by atoms with E-state index in [4.69, 9.17) is 4.42 Å². The molecule has 1 aliphatic rings. The van der Waals surface area contributed by atoms with Gasteiger partial charge in [0.1, 0.15) is 5.76 Å². The van der Waals surface area contributed by atoms with E-state index in [0.29, 0.717) is 13.1 Å². The second-order valence-electron chi connectivity index (χ2n) is 4.43. The Kier molecular flexibility index (Phi) is 4.57. The van der Waals surface area contributed by atoms with Crippen molar-refractivity contribution in [2.24, 2.45) is 0 Å². The van der Waals surface area contributed by atoms with E-state index in [9.17, 15) is 9.59 Å². The molecule has 2 amide bonds. The van der Waals surface area contributed by atoms with E-state index in [1.54, 1.807) is 17.0 Å². The fourth-order valence-electron chi connectivity index (χ4n) is 1.96. The number of hydrogen-bond donors (Lipinski definition) is 2. The smallest absolute Gasteiger partial charge is 0.287 e. The molecule has 2 heterocycles. The zero-order valence-corrected chi connectivity index (χ0v) is 11.1. The Bertz CT molecular complexity index is 450. The van der Waals surface area contributed by atoms with Crippen molar-refractivity contribution in [3.63, 3.8) is 0 Å². The summed E-state index contributed by atoms with van der Waals surface area (Å²) in [7, 11) is 0. The third-order valence-corrected chi connectivity index (χ3v) is 3.10. The summed E-state index contributed by atoms with van der Waals surface area (Å²) in [4.78, 5) is 25.4. The largest absolute Gasteiger partial charge is 0.456 e. The lowest BCUT2D eigenvalue weighted by Crippen LogP contribution is -2.49. The maximum absolute atomic E-state index is 11.8. The molecule has 0 atom stereocenters. The first-order chi connectivity index (χ1) is 9.20. The van der Waals surface area contributed by atoms with Gasteiger partial charge in [-0.05, 0) is 12.1 Å². The number of nitrogens with zero attached hydrogens (tertiary/aromatic N) is 1. The topological polar surface area (TPSA) is 74.6 Å². The highest BCUT2D eigenvalue weighted by molar-refractivity contribution is 5.94. The van der Waals surface area contributed by atoms with E-state index in [1.165, 1.54) is 0 Å². The Morgan fingerprint density at radius 1 is 1.37 bits per heavy atom. The van der Waals surface area contributed by atoms with Crippen molar-refractivity contribution in [2.75, 3.05) is 32.7 Å². The zero-order valence-electron chi connectivity index (χ0n) is 11.1. The van der Waals surface area contributed by atoms with Crippen LogP contribution in [-0.2, 0) is 11.2 Å². The number of rotatable bonds is 4. The van der Waals surface area contributed by atoms with Crippen LogP contribution in [0, 0.1) is 0 Å². The standard InChI is InChI=1S/C13H19N3O3/c1-2-10-3-4-11(19-10)13(18)15-9-12(17)16-7-5-14-6-8-16/h3-4,14H,2,5-9H2,1H3,(H,15,18). The van der Waals surface area contributed by atoms with Crippen LogP contribution in [-0.4, -0.2) is 49.4 Å². The summed E-state index contributed by atoms with van der Waals surface area (Å²) in [6.07, 6.45) is 0.743. The third-order valence-electron chi connectivity index (χ3n) is 3.10. The van der Waals surface area contributed by atoms with E-state index in [1.807, 2.05) is 6.92 Å². The Hall–Kier alpha value is -1.82. The summed E-state index contributed by atoms with van der Waals surface area (Å²) in [5.74, 6) is 0.615. The summed E-state index contributed by atoms with van der Waals surface area (Å²) in [5.41, 5.74) is 0. The number of aryl methyl sites for hydroxylation is 1. The van der Waals surface area contributed by atoms with Crippen LogP contribution in [0.2, 0.25) is 0 Å². The number of carbonyl (C=O) groups is 2. The Morgan fingerprint density at radius 2 is 2.11 bits per heavy atom. The molecule has 0 aliphatic carbocycles. The third kappa shape index (κ3) is 3.57.